The largest absolute Gasteiger partial charge is 0.416 e. The van der Waals surface area contributed by atoms with Gasteiger partial charge in [0.15, 0.2) is 5.49 Å². The molecule has 1 unspecified atom stereocenters. The molecule has 0 radical (unpaired) electrons. The van der Waals surface area contributed by atoms with E-state index in [0.717, 1.165) is 30.2 Å². The number of carbonyl (C=O) groups is 1. The average molecular weight is 474 g/mol. The van der Waals surface area contributed by atoms with Crippen LogP contribution in [0.4, 0.5) is 19.1 Å². The van der Waals surface area contributed by atoms with E-state index in [9.17, 15) is 18.0 Å². The molecular weight excluding hydrogens is 443 g/mol. The Morgan fingerprint density at radius 1 is 1.21 bits per heavy atom. The summed E-state index contributed by atoms with van der Waals surface area (Å²) in [6, 6.07) is 3.68. The molecule has 9 heteroatoms. The van der Waals surface area contributed by atoms with E-state index in [4.69, 9.17) is 9.98 Å². The molecule has 1 aliphatic carbocycles. The monoisotopic (exact) mass is 473 g/mol. The zero-order chi connectivity index (χ0) is 24.6. The van der Waals surface area contributed by atoms with Gasteiger partial charge in [-0.2, -0.15) is 18.2 Å². The fourth-order valence-corrected chi connectivity index (χ4v) is 5.21. The highest BCUT2D eigenvalue weighted by molar-refractivity contribution is 5.85. The number of fused-ring (bicyclic) bond motifs is 3. The van der Waals surface area contributed by atoms with E-state index in [-0.39, 0.29) is 22.4 Å². The second-order valence-corrected chi connectivity index (χ2v) is 10.7. The molecule has 0 saturated heterocycles. The summed E-state index contributed by atoms with van der Waals surface area (Å²) in [5.41, 5.74) is 1.94. The van der Waals surface area contributed by atoms with Gasteiger partial charge in [-0.15, -0.1) is 0 Å². The van der Waals surface area contributed by atoms with Crippen LogP contribution in [0.3, 0.4) is 0 Å². The molecule has 3 aliphatic rings. The lowest BCUT2D eigenvalue weighted by atomic mass is 9.97. The van der Waals surface area contributed by atoms with Crippen molar-refractivity contribution in [1.82, 2.24) is 14.5 Å². The number of hydrogen-bond donors (Lipinski definition) is 1. The number of benzene rings is 1. The van der Waals surface area contributed by atoms with E-state index >= 15 is 0 Å². The third kappa shape index (κ3) is 3.60. The van der Waals surface area contributed by atoms with E-state index in [1.807, 2.05) is 11.8 Å². The zero-order valence-electron chi connectivity index (χ0n) is 20.2. The van der Waals surface area contributed by atoms with Crippen molar-refractivity contribution in [2.45, 2.75) is 78.3 Å². The number of nitrogens with one attached hydrogen (secondary N) is 1. The molecule has 182 valence electrons. The minimum atomic E-state index is -4.42. The first-order chi connectivity index (χ1) is 15.8. The molecule has 34 heavy (non-hydrogen) atoms. The minimum Gasteiger partial charge on any atom is -0.353 e. The molecule has 0 bridgehead atoms. The molecule has 5 rings (SSSR count). The lowest BCUT2D eigenvalue weighted by Gasteiger charge is -2.24. The van der Waals surface area contributed by atoms with Crippen molar-refractivity contribution < 1.29 is 18.0 Å². The van der Waals surface area contributed by atoms with Gasteiger partial charge in [0.25, 0.3) is 0 Å². The second kappa shape index (κ2) is 7.33. The molecule has 3 heterocycles. The summed E-state index contributed by atoms with van der Waals surface area (Å²) in [7, 11) is 0. The Bertz CT molecular complexity index is 1260. The van der Waals surface area contributed by atoms with Crippen LogP contribution in [0.2, 0.25) is 0 Å². The highest BCUT2D eigenvalue weighted by Gasteiger charge is 2.49. The number of rotatable bonds is 3. The molecule has 2 aliphatic heterocycles. The summed E-state index contributed by atoms with van der Waals surface area (Å²) in [4.78, 5) is 24.6. The summed E-state index contributed by atoms with van der Waals surface area (Å²) < 4.78 is 42.5. The van der Waals surface area contributed by atoms with Crippen LogP contribution in [0.15, 0.2) is 23.2 Å². The summed E-state index contributed by atoms with van der Waals surface area (Å²) in [5.74, 6) is 0.830. The van der Waals surface area contributed by atoms with Crippen LogP contribution in [0.25, 0.3) is 0 Å². The molecule has 1 N–H and O–H groups in total. The van der Waals surface area contributed by atoms with Gasteiger partial charge in [-0.05, 0) is 57.7 Å². The summed E-state index contributed by atoms with van der Waals surface area (Å²) in [5, 5.41) is 3.34. The Morgan fingerprint density at radius 2 is 1.91 bits per heavy atom. The number of anilines is 1. The molecule has 1 atom stereocenters. The summed E-state index contributed by atoms with van der Waals surface area (Å²) in [6.45, 7) is 11.1. The Hall–Kier alpha value is -2.84. The summed E-state index contributed by atoms with van der Waals surface area (Å²) in [6.07, 6.45) is -2.62. The van der Waals surface area contributed by atoms with Gasteiger partial charge in [0.2, 0.25) is 11.9 Å². The quantitative estimate of drug-likeness (QED) is 0.705. The maximum absolute atomic E-state index is 13.5. The fraction of sp³-hybridized carbons (Fsp3) is 0.560. The van der Waals surface area contributed by atoms with Gasteiger partial charge in [-0.1, -0.05) is 19.1 Å². The van der Waals surface area contributed by atoms with Gasteiger partial charge >= 0.3 is 6.18 Å². The zero-order valence-corrected chi connectivity index (χ0v) is 20.2. The number of hydrogen-bond acceptors (Lipinski definition) is 4. The van der Waals surface area contributed by atoms with Gasteiger partial charge < -0.3 is 14.8 Å². The molecule has 2 aromatic rings. The number of amides is 1. The normalized spacial score (nSPS) is 21.2. The SMILES string of the molecule is Cc1c(C(C)N=c2nc3n(c4c2CN(C(=O)C2(C)CC2)C4)C(C)(C)CN3)cccc1C(F)(F)F. The van der Waals surface area contributed by atoms with Crippen molar-refractivity contribution in [2.24, 2.45) is 10.4 Å². The van der Waals surface area contributed by atoms with Crippen LogP contribution in [0.1, 0.15) is 74.5 Å². The Labute approximate surface area is 196 Å². The molecule has 6 nitrogen and oxygen atoms in total. The van der Waals surface area contributed by atoms with Crippen molar-refractivity contribution >= 4 is 11.9 Å². The highest BCUT2D eigenvalue weighted by atomic mass is 19.4. The number of alkyl halides is 3. The first-order valence-electron chi connectivity index (χ1n) is 11.7. The molecule has 1 amide bonds. The van der Waals surface area contributed by atoms with Crippen LogP contribution < -0.4 is 10.8 Å². The van der Waals surface area contributed by atoms with Gasteiger partial charge in [-0.3, -0.25) is 9.79 Å². The van der Waals surface area contributed by atoms with Crippen LogP contribution in [-0.2, 0) is 29.6 Å². The third-order valence-corrected chi connectivity index (χ3v) is 7.54. The van der Waals surface area contributed by atoms with Crippen molar-refractivity contribution in [2.75, 3.05) is 11.9 Å². The number of nitrogens with zero attached hydrogens (tertiary/aromatic N) is 4. The predicted octanol–water partition coefficient (Wildman–Crippen LogP) is 4.68. The topological polar surface area (TPSA) is 62.5 Å². The van der Waals surface area contributed by atoms with Gasteiger partial charge in [0.05, 0.1) is 30.2 Å². The Kier molecular flexibility index (Phi) is 4.94. The fourth-order valence-electron chi connectivity index (χ4n) is 5.21. The van der Waals surface area contributed by atoms with E-state index in [1.165, 1.54) is 13.0 Å². The van der Waals surface area contributed by atoms with Crippen molar-refractivity contribution in [3.05, 3.63) is 51.6 Å². The smallest absolute Gasteiger partial charge is 0.353 e. The number of carbonyl (C=O) groups excluding carboxylic acids is 1. The van der Waals surface area contributed by atoms with Crippen LogP contribution >= 0.6 is 0 Å². The Morgan fingerprint density at radius 3 is 2.56 bits per heavy atom. The van der Waals surface area contributed by atoms with Crippen LogP contribution in [-0.4, -0.2) is 26.9 Å². The molecule has 1 saturated carbocycles. The van der Waals surface area contributed by atoms with Gasteiger partial charge in [0, 0.05) is 23.2 Å². The molecular formula is C25H30F3N5O. The van der Waals surface area contributed by atoms with Gasteiger partial charge in [0.1, 0.15) is 0 Å². The second-order valence-electron chi connectivity index (χ2n) is 10.7. The maximum Gasteiger partial charge on any atom is 0.416 e. The van der Waals surface area contributed by atoms with Crippen LogP contribution in [0, 0.1) is 12.3 Å². The highest BCUT2D eigenvalue weighted by Crippen LogP contribution is 2.48. The minimum absolute atomic E-state index is 0.148. The van der Waals surface area contributed by atoms with E-state index in [2.05, 4.69) is 23.7 Å². The predicted molar refractivity (Wildman–Crippen MR) is 122 cm³/mol. The van der Waals surface area contributed by atoms with E-state index < -0.39 is 17.8 Å². The Balaban J connectivity index is 1.61. The number of aromatic nitrogens is 2. The van der Waals surface area contributed by atoms with Gasteiger partial charge in [-0.25, -0.2) is 0 Å². The number of halogens is 3. The molecule has 1 aromatic heterocycles. The van der Waals surface area contributed by atoms with Crippen molar-refractivity contribution in [1.29, 1.82) is 0 Å². The van der Waals surface area contributed by atoms with E-state index in [0.29, 0.717) is 36.6 Å². The third-order valence-electron chi connectivity index (χ3n) is 7.54. The van der Waals surface area contributed by atoms with Crippen molar-refractivity contribution in [3.63, 3.8) is 0 Å². The first-order valence-corrected chi connectivity index (χ1v) is 11.7. The first kappa shape index (κ1) is 22.9. The molecule has 1 fully saturated rings. The maximum atomic E-state index is 13.5. The lowest BCUT2D eigenvalue weighted by Crippen LogP contribution is -2.33. The van der Waals surface area contributed by atoms with E-state index in [1.54, 1.807) is 13.0 Å². The van der Waals surface area contributed by atoms with Crippen molar-refractivity contribution in [3.8, 4) is 0 Å². The summed E-state index contributed by atoms with van der Waals surface area (Å²) >= 11 is 0. The molecule has 1 aromatic carbocycles. The molecule has 0 spiro atoms. The van der Waals surface area contributed by atoms with Crippen LogP contribution in [0.5, 0.6) is 0 Å². The average Bonchev–Trinajstić information content (AvgIpc) is 3.22. The standard InChI is InChI=1S/C25H30F3N5O/c1-14-16(7-6-8-18(14)25(26,27)28)15(2)30-20-17-11-32(21(34)24(5)9-10-24)12-19(17)33-22(31-20)29-13-23(33,3)4/h6-8,15H,9-13H2,1-5H3,(H,29,30,31). The lowest BCUT2D eigenvalue weighted by molar-refractivity contribution is -0.138.